The number of amides is 1. The van der Waals surface area contributed by atoms with Crippen LogP contribution in [0.5, 0.6) is 5.75 Å². The number of nitrogens with one attached hydrogen (secondary N) is 1. The summed E-state index contributed by atoms with van der Waals surface area (Å²) in [6, 6.07) is 31.2. The molecular weight excluding hydrogens is 372 g/mol. The maximum absolute atomic E-state index is 13.1. The molecule has 4 aromatic rings. The zero-order valence-electron chi connectivity index (χ0n) is 16.7. The van der Waals surface area contributed by atoms with Crippen molar-refractivity contribution in [2.24, 2.45) is 5.10 Å². The smallest absolute Gasteiger partial charge is 0.252 e. The van der Waals surface area contributed by atoms with Crippen molar-refractivity contribution >= 4 is 22.9 Å². The molecule has 4 aromatic carbocycles. The van der Waals surface area contributed by atoms with Crippen LogP contribution in [0, 0.1) is 0 Å². The Labute approximate surface area is 175 Å². The molecule has 0 bridgehead atoms. The highest BCUT2D eigenvalue weighted by molar-refractivity contribution is 6.02. The van der Waals surface area contributed by atoms with Crippen molar-refractivity contribution in [3.63, 3.8) is 0 Å². The zero-order valence-corrected chi connectivity index (χ0v) is 16.7. The molecule has 0 heterocycles. The van der Waals surface area contributed by atoms with E-state index >= 15 is 0 Å². The molecule has 0 spiro atoms. The highest BCUT2D eigenvalue weighted by atomic mass is 16.5. The van der Waals surface area contributed by atoms with Gasteiger partial charge in [0.05, 0.1) is 19.2 Å². The zero-order chi connectivity index (χ0) is 20.8. The summed E-state index contributed by atoms with van der Waals surface area (Å²) in [5, 5.41) is 6.27. The average molecular weight is 394 g/mol. The van der Waals surface area contributed by atoms with E-state index in [1.165, 1.54) is 0 Å². The molecule has 30 heavy (non-hydrogen) atoms. The van der Waals surface area contributed by atoms with Gasteiger partial charge >= 0.3 is 0 Å². The summed E-state index contributed by atoms with van der Waals surface area (Å²) in [4.78, 5) is 13.1. The Morgan fingerprint density at radius 2 is 1.37 bits per heavy atom. The van der Waals surface area contributed by atoms with Gasteiger partial charge in [0.2, 0.25) is 0 Å². The normalized spacial score (nSPS) is 11.1. The van der Waals surface area contributed by atoms with Crippen LogP contribution < -0.4 is 10.2 Å². The van der Waals surface area contributed by atoms with Crippen molar-refractivity contribution in [1.29, 1.82) is 0 Å². The van der Waals surface area contributed by atoms with Gasteiger partial charge in [0.1, 0.15) is 5.75 Å². The summed E-state index contributed by atoms with van der Waals surface area (Å²) in [6.45, 7) is 0. The first kappa shape index (κ1) is 19.4. The van der Waals surface area contributed by atoms with Crippen molar-refractivity contribution in [2.75, 3.05) is 7.11 Å². The van der Waals surface area contributed by atoms with Crippen LogP contribution >= 0.6 is 0 Å². The molecule has 0 aromatic heterocycles. The minimum Gasteiger partial charge on any atom is -0.496 e. The summed E-state index contributed by atoms with van der Waals surface area (Å²) in [5.74, 6) is 0.193. The molecular formula is C26H22N2O2. The number of benzene rings is 4. The molecule has 4 heteroatoms. The maximum atomic E-state index is 13.1. The summed E-state index contributed by atoms with van der Waals surface area (Å²) in [6.07, 6.45) is 1.67. The number of fused-ring (bicyclic) bond motifs is 1. The molecule has 1 N–H and O–H groups in total. The number of ether oxygens (including phenoxy) is 1. The van der Waals surface area contributed by atoms with Gasteiger partial charge in [-0.25, -0.2) is 5.43 Å². The van der Waals surface area contributed by atoms with E-state index in [-0.39, 0.29) is 5.91 Å². The molecule has 4 nitrogen and oxygen atoms in total. The van der Waals surface area contributed by atoms with E-state index in [1.54, 1.807) is 13.3 Å². The van der Waals surface area contributed by atoms with Crippen LogP contribution in [-0.2, 0) is 4.79 Å². The van der Waals surface area contributed by atoms with E-state index in [1.807, 2.05) is 97.1 Å². The lowest BCUT2D eigenvalue weighted by Crippen LogP contribution is -2.26. The van der Waals surface area contributed by atoms with Gasteiger partial charge in [-0.2, -0.15) is 5.10 Å². The van der Waals surface area contributed by atoms with E-state index in [2.05, 4.69) is 10.5 Å². The van der Waals surface area contributed by atoms with E-state index in [4.69, 9.17) is 4.74 Å². The second kappa shape index (κ2) is 9.05. The minimum absolute atomic E-state index is 0.179. The molecule has 0 atom stereocenters. The molecule has 0 aliphatic rings. The van der Waals surface area contributed by atoms with E-state index in [0.717, 1.165) is 33.2 Å². The number of methoxy groups -OCH3 is 1. The molecule has 0 aliphatic carbocycles. The Hall–Kier alpha value is -3.92. The molecule has 0 radical (unpaired) electrons. The number of carbonyl (C=O) groups is 1. The van der Waals surface area contributed by atoms with E-state index in [0.29, 0.717) is 0 Å². The number of rotatable bonds is 6. The topological polar surface area (TPSA) is 50.7 Å². The SMILES string of the molecule is COc1ccc(C=NNC(=O)C(c2ccccc2)c2ccccc2)c2ccccc12. The average Bonchev–Trinajstić information content (AvgIpc) is 2.81. The molecule has 0 unspecified atom stereocenters. The predicted octanol–water partition coefficient (Wildman–Crippen LogP) is 5.13. The third-order valence-corrected chi connectivity index (χ3v) is 5.04. The van der Waals surface area contributed by atoms with Crippen molar-refractivity contribution in [2.45, 2.75) is 5.92 Å². The summed E-state index contributed by atoms with van der Waals surface area (Å²) < 4.78 is 5.44. The van der Waals surface area contributed by atoms with Crippen LogP contribution in [0.2, 0.25) is 0 Å². The number of nitrogens with zero attached hydrogens (tertiary/aromatic N) is 1. The van der Waals surface area contributed by atoms with Gasteiger partial charge in [-0.15, -0.1) is 0 Å². The fraction of sp³-hybridized carbons (Fsp3) is 0.0769. The van der Waals surface area contributed by atoms with Crippen molar-refractivity contribution in [1.82, 2.24) is 5.43 Å². The lowest BCUT2D eigenvalue weighted by molar-refractivity contribution is -0.121. The monoisotopic (exact) mass is 394 g/mol. The van der Waals surface area contributed by atoms with Crippen molar-refractivity contribution in [3.8, 4) is 5.75 Å². The maximum Gasteiger partial charge on any atom is 0.252 e. The van der Waals surface area contributed by atoms with Gasteiger partial charge < -0.3 is 4.74 Å². The number of hydrogen-bond acceptors (Lipinski definition) is 3. The fourth-order valence-electron chi connectivity index (χ4n) is 3.60. The Morgan fingerprint density at radius 3 is 1.97 bits per heavy atom. The third kappa shape index (κ3) is 4.08. The minimum atomic E-state index is -0.433. The molecule has 0 saturated heterocycles. The molecule has 148 valence electrons. The lowest BCUT2D eigenvalue weighted by Gasteiger charge is -2.16. The summed E-state index contributed by atoms with van der Waals surface area (Å²) in [5.41, 5.74) is 5.47. The quantitative estimate of drug-likeness (QED) is 0.364. The standard InChI is InChI=1S/C26H22N2O2/c1-30-24-17-16-21(22-14-8-9-15-23(22)24)18-27-28-26(29)25(19-10-4-2-5-11-19)20-12-6-3-7-13-20/h2-18,25H,1H3,(H,28,29). The van der Waals surface area contributed by atoms with Gasteiger partial charge in [-0.1, -0.05) is 84.9 Å². The Balaban J connectivity index is 1.60. The Kier molecular flexibility index (Phi) is 5.85. The molecule has 0 aliphatic heterocycles. The molecule has 4 rings (SSSR count). The second-order valence-corrected chi connectivity index (χ2v) is 6.89. The Morgan fingerprint density at radius 1 is 0.800 bits per heavy atom. The summed E-state index contributed by atoms with van der Waals surface area (Å²) >= 11 is 0. The van der Waals surface area contributed by atoms with Crippen molar-refractivity contribution < 1.29 is 9.53 Å². The summed E-state index contributed by atoms with van der Waals surface area (Å²) in [7, 11) is 1.66. The van der Waals surface area contributed by atoms with Crippen LogP contribution in [0.15, 0.2) is 102 Å². The number of carbonyl (C=O) groups excluding carboxylic acids is 1. The van der Waals surface area contributed by atoms with E-state index in [9.17, 15) is 4.79 Å². The fourth-order valence-corrected chi connectivity index (χ4v) is 3.60. The van der Waals surface area contributed by atoms with Gasteiger partial charge in [0, 0.05) is 10.9 Å². The third-order valence-electron chi connectivity index (χ3n) is 5.04. The highest BCUT2D eigenvalue weighted by Crippen LogP contribution is 2.28. The van der Waals surface area contributed by atoms with Crippen LogP contribution in [0.25, 0.3) is 10.8 Å². The van der Waals surface area contributed by atoms with Gasteiger partial charge in [0.15, 0.2) is 0 Å². The molecule has 0 saturated carbocycles. The van der Waals surface area contributed by atoms with Crippen LogP contribution in [-0.4, -0.2) is 19.2 Å². The van der Waals surface area contributed by atoms with E-state index < -0.39 is 5.92 Å². The second-order valence-electron chi connectivity index (χ2n) is 6.89. The Bertz CT molecular complexity index is 1130. The van der Waals surface area contributed by atoms with Crippen LogP contribution in [0.4, 0.5) is 0 Å². The molecule has 1 amide bonds. The lowest BCUT2D eigenvalue weighted by atomic mass is 9.91. The first-order valence-corrected chi connectivity index (χ1v) is 9.76. The number of hydrazone groups is 1. The number of hydrogen-bond donors (Lipinski definition) is 1. The highest BCUT2D eigenvalue weighted by Gasteiger charge is 2.22. The van der Waals surface area contributed by atoms with Gasteiger partial charge in [-0.05, 0) is 28.6 Å². The first-order valence-electron chi connectivity index (χ1n) is 9.76. The van der Waals surface area contributed by atoms with Gasteiger partial charge in [0.25, 0.3) is 5.91 Å². The van der Waals surface area contributed by atoms with Crippen molar-refractivity contribution in [3.05, 3.63) is 114 Å². The molecule has 0 fully saturated rings. The first-order chi connectivity index (χ1) is 14.8. The largest absolute Gasteiger partial charge is 0.496 e. The van der Waals surface area contributed by atoms with Gasteiger partial charge in [-0.3, -0.25) is 4.79 Å². The van der Waals surface area contributed by atoms with Crippen LogP contribution in [0.1, 0.15) is 22.6 Å². The van der Waals surface area contributed by atoms with Crippen LogP contribution in [0.3, 0.4) is 0 Å². The predicted molar refractivity (Wildman–Crippen MR) is 121 cm³/mol.